The van der Waals surface area contributed by atoms with Gasteiger partial charge in [-0.15, -0.1) is 0 Å². The maximum Gasteiger partial charge on any atom is 0.416 e. The van der Waals surface area contributed by atoms with Crippen LogP contribution in [0.2, 0.25) is 0 Å². The fraction of sp³-hybridized carbons (Fsp3) is 0.200. The molecule has 1 aromatic rings. The molecule has 0 aliphatic carbocycles. The summed E-state index contributed by atoms with van der Waals surface area (Å²) < 4.78 is 74.0. The van der Waals surface area contributed by atoms with Crippen molar-refractivity contribution in [3.8, 4) is 0 Å². The molecule has 0 heterocycles. The molecule has 0 fully saturated rings. The van der Waals surface area contributed by atoms with Crippen molar-refractivity contribution in [2.45, 2.75) is 12.4 Å². The minimum Gasteiger partial charge on any atom is -0.207 e. The molecule has 1 nitrogen and oxygen atoms in total. The minimum absolute atomic E-state index is 0.0299. The molecule has 1 rings (SSSR count). The van der Waals surface area contributed by atoms with Crippen molar-refractivity contribution in [1.29, 1.82) is 0 Å². The lowest BCUT2D eigenvalue weighted by Crippen LogP contribution is -2.10. The molecular formula is C10H5F6N. The molecule has 92 valence electrons. The molecule has 0 amide bonds. The van der Waals surface area contributed by atoms with Gasteiger partial charge in [-0.25, -0.2) is 4.99 Å². The molecule has 1 aromatic carbocycles. The van der Waals surface area contributed by atoms with Gasteiger partial charge in [0.1, 0.15) is 0 Å². The van der Waals surface area contributed by atoms with Gasteiger partial charge >= 0.3 is 12.4 Å². The highest BCUT2D eigenvalue weighted by Crippen LogP contribution is 2.37. The van der Waals surface area contributed by atoms with Gasteiger partial charge in [-0.05, 0) is 30.6 Å². The van der Waals surface area contributed by atoms with Gasteiger partial charge in [0.2, 0.25) is 0 Å². The summed E-state index contributed by atoms with van der Waals surface area (Å²) in [4.78, 5) is 3.19. The van der Waals surface area contributed by atoms with E-state index >= 15 is 0 Å². The first kappa shape index (κ1) is 13.3. The molecule has 0 spiro atoms. The Kier molecular flexibility index (Phi) is 3.33. The SMILES string of the molecule is C=C=Nc1cc(C(F)(F)F)cc(C(F)(F)F)c1. The van der Waals surface area contributed by atoms with Gasteiger partial charge in [-0.3, -0.25) is 0 Å². The lowest BCUT2D eigenvalue weighted by molar-refractivity contribution is -0.143. The van der Waals surface area contributed by atoms with E-state index in [0.717, 1.165) is 0 Å². The van der Waals surface area contributed by atoms with Crippen molar-refractivity contribution in [2.24, 2.45) is 4.99 Å². The Morgan fingerprint density at radius 3 is 1.59 bits per heavy atom. The van der Waals surface area contributed by atoms with E-state index in [-0.39, 0.29) is 6.07 Å². The Morgan fingerprint density at radius 1 is 0.882 bits per heavy atom. The van der Waals surface area contributed by atoms with E-state index in [1.54, 1.807) is 0 Å². The Labute approximate surface area is 92.1 Å². The summed E-state index contributed by atoms with van der Waals surface area (Å²) in [6.07, 6.45) is -9.74. The van der Waals surface area contributed by atoms with Crippen molar-refractivity contribution < 1.29 is 26.3 Å². The van der Waals surface area contributed by atoms with Gasteiger partial charge in [-0.2, -0.15) is 26.3 Å². The minimum atomic E-state index is -4.87. The standard InChI is InChI=1S/C10H5F6N/c1-2-17-8-4-6(9(11,12)13)3-7(5-8)10(14,15)16/h3-5H,1H2. The molecular weight excluding hydrogens is 248 g/mol. The molecule has 0 atom stereocenters. The van der Waals surface area contributed by atoms with Gasteiger partial charge in [0.15, 0.2) is 0 Å². The quantitative estimate of drug-likeness (QED) is 0.525. The zero-order valence-corrected chi connectivity index (χ0v) is 8.15. The first-order chi connectivity index (χ1) is 7.64. The summed E-state index contributed by atoms with van der Waals surface area (Å²) in [5.41, 5.74) is -3.33. The Hall–Kier alpha value is -1.75. The third-order valence-corrected chi connectivity index (χ3v) is 1.78. The summed E-state index contributed by atoms with van der Waals surface area (Å²) >= 11 is 0. The van der Waals surface area contributed by atoms with Crippen LogP contribution < -0.4 is 0 Å². The largest absolute Gasteiger partial charge is 0.416 e. The third-order valence-electron chi connectivity index (χ3n) is 1.78. The maximum absolute atomic E-state index is 12.3. The lowest BCUT2D eigenvalue weighted by Gasteiger charge is -2.12. The zero-order chi connectivity index (χ0) is 13.3. The summed E-state index contributed by atoms with van der Waals surface area (Å²) in [5.74, 6) is 1.88. The number of hydrogen-bond acceptors (Lipinski definition) is 1. The van der Waals surface area contributed by atoms with Crippen molar-refractivity contribution >= 4 is 11.6 Å². The van der Waals surface area contributed by atoms with E-state index in [4.69, 9.17) is 0 Å². The van der Waals surface area contributed by atoms with Gasteiger partial charge in [-0.1, -0.05) is 0 Å². The second-order valence-corrected chi connectivity index (χ2v) is 3.03. The highest BCUT2D eigenvalue weighted by Gasteiger charge is 2.36. The van der Waals surface area contributed by atoms with Crippen LogP contribution in [0.4, 0.5) is 32.0 Å². The molecule has 0 bridgehead atoms. The van der Waals surface area contributed by atoms with E-state index in [1.807, 2.05) is 5.87 Å². The second-order valence-electron chi connectivity index (χ2n) is 3.03. The van der Waals surface area contributed by atoms with Gasteiger partial charge < -0.3 is 0 Å². The molecule has 0 N–H and O–H groups in total. The van der Waals surface area contributed by atoms with Crippen molar-refractivity contribution in [3.63, 3.8) is 0 Å². The van der Waals surface area contributed by atoms with Crippen LogP contribution in [0.3, 0.4) is 0 Å². The van der Waals surface area contributed by atoms with Crippen LogP contribution in [-0.2, 0) is 12.4 Å². The van der Waals surface area contributed by atoms with Crippen LogP contribution in [0.15, 0.2) is 29.8 Å². The van der Waals surface area contributed by atoms with E-state index in [1.165, 1.54) is 0 Å². The number of alkyl halides is 6. The number of benzene rings is 1. The summed E-state index contributed by atoms with van der Waals surface area (Å²) in [6.45, 7) is 2.99. The Balaban J connectivity index is 3.44. The molecule has 0 aliphatic heterocycles. The van der Waals surface area contributed by atoms with Gasteiger partial charge in [0, 0.05) is 0 Å². The predicted molar refractivity (Wildman–Crippen MR) is 49.2 cm³/mol. The van der Waals surface area contributed by atoms with Crippen LogP contribution in [-0.4, -0.2) is 5.87 Å². The molecule has 0 saturated carbocycles. The van der Waals surface area contributed by atoms with Crippen LogP contribution in [0.5, 0.6) is 0 Å². The van der Waals surface area contributed by atoms with Crippen molar-refractivity contribution in [3.05, 3.63) is 35.9 Å². The fourth-order valence-electron chi connectivity index (χ4n) is 1.09. The number of halogens is 6. The molecule has 0 radical (unpaired) electrons. The number of hydrogen-bond donors (Lipinski definition) is 0. The van der Waals surface area contributed by atoms with Gasteiger partial charge in [0.05, 0.1) is 16.8 Å². The monoisotopic (exact) mass is 253 g/mol. The summed E-state index contributed by atoms with van der Waals surface area (Å²) in [6, 6.07) is 1.02. The molecule has 7 heteroatoms. The average molecular weight is 253 g/mol. The second kappa shape index (κ2) is 4.25. The Morgan fingerprint density at radius 2 is 1.29 bits per heavy atom. The number of rotatable bonds is 1. The van der Waals surface area contributed by atoms with Crippen molar-refractivity contribution in [2.75, 3.05) is 0 Å². The maximum atomic E-state index is 12.3. The lowest BCUT2D eigenvalue weighted by atomic mass is 10.1. The molecule has 0 aliphatic rings. The van der Waals surface area contributed by atoms with Crippen LogP contribution in [0.1, 0.15) is 11.1 Å². The Bertz CT molecular complexity index is 432. The van der Waals surface area contributed by atoms with E-state index in [9.17, 15) is 26.3 Å². The van der Waals surface area contributed by atoms with Crippen LogP contribution >= 0.6 is 0 Å². The van der Waals surface area contributed by atoms with Crippen molar-refractivity contribution in [1.82, 2.24) is 0 Å². The topological polar surface area (TPSA) is 12.4 Å². The zero-order valence-electron chi connectivity index (χ0n) is 8.15. The highest BCUT2D eigenvalue weighted by atomic mass is 19.4. The van der Waals surface area contributed by atoms with Crippen LogP contribution in [0.25, 0.3) is 0 Å². The smallest absolute Gasteiger partial charge is 0.207 e. The predicted octanol–water partition coefficient (Wildman–Crippen LogP) is 4.21. The first-order valence-electron chi connectivity index (χ1n) is 4.17. The third kappa shape index (κ3) is 3.35. The summed E-state index contributed by atoms with van der Waals surface area (Å²) in [5, 5.41) is 0. The average Bonchev–Trinajstić information content (AvgIpc) is 2.15. The van der Waals surface area contributed by atoms with E-state index in [2.05, 4.69) is 11.6 Å². The number of aliphatic imine (C=N–C) groups is 1. The summed E-state index contributed by atoms with van der Waals surface area (Å²) in [7, 11) is 0. The fourth-order valence-corrected chi connectivity index (χ4v) is 1.09. The molecule has 0 saturated heterocycles. The van der Waals surface area contributed by atoms with E-state index < -0.39 is 29.2 Å². The normalized spacial score (nSPS) is 12.1. The number of nitrogens with zero attached hydrogens (tertiary/aromatic N) is 1. The van der Waals surface area contributed by atoms with E-state index in [0.29, 0.717) is 12.1 Å². The molecule has 0 unspecified atom stereocenters. The highest BCUT2D eigenvalue weighted by molar-refractivity contribution is 5.57. The van der Waals surface area contributed by atoms with Crippen LogP contribution in [0, 0.1) is 0 Å². The molecule has 17 heavy (non-hydrogen) atoms. The first-order valence-corrected chi connectivity index (χ1v) is 4.17. The molecule has 0 aromatic heterocycles. The van der Waals surface area contributed by atoms with Gasteiger partial charge in [0.25, 0.3) is 0 Å².